The molecule has 2 heteroatoms. The second kappa shape index (κ2) is 7.52. The Morgan fingerprint density at radius 3 is 2.33 bits per heavy atom. The van der Waals surface area contributed by atoms with E-state index in [-0.39, 0.29) is 11.2 Å². The second-order valence-corrected chi connectivity index (χ2v) is 5.54. The van der Waals surface area contributed by atoms with Crippen LogP contribution in [0.1, 0.15) is 45.6 Å². The first-order valence-electron chi connectivity index (χ1n) is 7.05. The van der Waals surface area contributed by atoms with Gasteiger partial charge < -0.3 is 5.32 Å². The Hall–Kier alpha value is -0.890. The van der Waals surface area contributed by atoms with Gasteiger partial charge in [0.15, 0.2) is 0 Å². The molecule has 1 unspecified atom stereocenters. The lowest BCUT2D eigenvalue weighted by molar-refractivity contribution is 0.275. The molecule has 1 nitrogen and oxygen atoms in total. The molecule has 1 aromatic rings. The van der Waals surface area contributed by atoms with Gasteiger partial charge in [-0.15, -0.1) is 0 Å². The summed E-state index contributed by atoms with van der Waals surface area (Å²) >= 11 is 0. The molecule has 1 atom stereocenters. The highest BCUT2D eigenvalue weighted by Crippen LogP contribution is 2.27. The third-order valence-electron chi connectivity index (χ3n) is 3.38. The molecule has 0 aromatic heterocycles. The summed E-state index contributed by atoms with van der Waals surface area (Å²) in [7, 11) is 0. The molecule has 0 amide bonds. The topological polar surface area (TPSA) is 12.0 Å². The standard InChI is InChI=1S/C16H26FN/c1-4-10-16(3,13-18-11-5-2)12-14-6-8-15(17)9-7-14/h6-9,18H,4-5,10-13H2,1-3H3. The van der Waals surface area contributed by atoms with Crippen molar-refractivity contribution in [1.82, 2.24) is 5.32 Å². The number of benzene rings is 1. The minimum absolute atomic E-state index is 0.153. The van der Waals surface area contributed by atoms with Gasteiger partial charge in [-0.25, -0.2) is 4.39 Å². The van der Waals surface area contributed by atoms with Crippen LogP contribution in [0.25, 0.3) is 0 Å². The van der Waals surface area contributed by atoms with Gasteiger partial charge in [0.05, 0.1) is 0 Å². The summed E-state index contributed by atoms with van der Waals surface area (Å²) in [6.45, 7) is 8.84. The maximum atomic E-state index is 12.9. The lowest BCUT2D eigenvalue weighted by Crippen LogP contribution is -2.34. The van der Waals surface area contributed by atoms with Crippen molar-refractivity contribution < 1.29 is 4.39 Å². The third kappa shape index (κ3) is 5.18. The minimum Gasteiger partial charge on any atom is -0.316 e. The average molecular weight is 251 g/mol. The second-order valence-electron chi connectivity index (χ2n) is 5.54. The highest BCUT2D eigenvalue weighted by Gasteiger charge is 2.23. The lowest BCUT2D eigenvalue weighted by Gasteiger charge is -2.30. The van der Waals surface area contributed by atoms with Crippen LogP contribution in [-0.2, 0) is 6.42 Å². The van der Waals surface area contributed by atoms with Crippen LogP contribution in [0.3, 0.4) is 0 Å². The van der Waals surface area contributed by atoms with Crippen LogP contribution in [0.15, 0.2) is 24.3 Å². The molecule has 0 radical (unpaired) electrons. The first-order chi connectivity index (χ1) is 8.59. The number of hydrogen-bond donors (Lipinski definition) is 1. The van der Waals surface area contributed by atoms with Crippen LogP contribution in [-0.4, -0.2) is 13.1 Å². The largest absolute Gasteiger partial charge is 0.316 e. The summed E-state index contributed by atoms with van der Waals surface area (Å²) in [5.74, 6) is -0.153. The van der Waals surface area contributed by atoms with Crippen LogP contribution < -0.4 is 5.32 Å². The van der Waals surface area contributed by atoms with Crippen molar-refractivity contribution in [1.29, 1.82) is 0 Å². The van der Waals surface area contributed by atoms with E-state index in [0.717, 1.165) is 19.5 Å². The summed E-state index contributed by atoms with van der Waals surface area (Å²) in [6, 6.07) is 6.93. The zero-order valence-corrected chi connectivity index (χ0v) is 11.9. The van der Waals surface area contributed by atoms with Gasteiger partial charge in [-0.3, -0.25) is 0 Å². The average Bonchev–Trinajstić information content (AvgIpc) is 2.33. The van der Waals surface area contributed by atoms with Crippen molar-refractivity contribution in [3.63, 3.8) is 0 Å². The molecule has 18 heavy (non-hydrogen) atoms. The molecule has 0 heterocycles. The van der Waals surface area contributed by atoms with Gasteiger partial charge in [0.2, 0.25) is 0 Å². The molecule has 102 valence electrons. The molecule has 0 spiro atoms. The molecule has 0 aliphatic carbocycles. The number of rotatable bonds is 8. The van der Waals surface area contributed by atoms with Gasteiger partial charge in [-0.05, 0) is 48.9 Å². The van der Waals surface area contributed by atoms with Crippen molar-refractivity contribution in [2.24, 2.45) is 5.41 Å². The van der Waals surface area contributed by atoms with Crippen LogP contribution in [0.4, 0.5) is 4.39 Å². The van der Waals surface area contributed by atoms with Crippen LogP contribution in [0, 0.1) is 11.2 Å². The quantitative estimate of drug-likeness (QED) is 0.684. The molecule has 0 bridgehead atoms. The van der Waals surface area contributed by atoms with E-state index in [1.54, 1.807) is 12.1 Å². The van der Waals surface area contributed by atoms with Crippen molar-refractivity contribution in [2.75, 3.05) is 13.1 Å². The monoisotopic (exact) mass is 251 g/mol. The van der Waals surface area contributed by atoms with Crippen LogP contribution in [0.2, 0.25) is 0 Å². The van der Waals surface area contributed by atoms with E-state index in [2.05, 4.69) is 26.1 Å². The number of hydrogen-bond acceptors (Lipinski definition) is 1. The van der Waals surface area contributed by atoms with E-state index in [1.165, 1.54) is 24.8 Å². The van der Waals surface area contributed by atoms with Gasteiger partial charge in [0.25, 0.3) is 0 Å². The molecule has 0 fully saturated rings. The van der Waals surface area contributed by atoms with E-state index in [9.17, 15) is 4.39 Å². The molecule has 1 rings (SSSR count). The fraction of sp³-hybridized carbons (Fsp3) is 0.625. The number of halogens is 1. The highest BCUT2D eigenvalue weighted by atomic mass is 19.1. The number of nitrogens with one attached hydrogen (secondary N) is 1. The van der Waals surface area contributed by atoms with Crippen LogP contribution in [0.5, 0.6) is 0 Å². The smallest absolute Gasteiger partial charge is 0.123 e. The first kappa shape index (κ1) is 15.2. The van der Waals surface area contributed by atoms with Gasteiger partial charge in [0.1, 0.15) is 5.82 Å². The maximum Gasteiger partial charge on any atom is 0.123 e. The van der Waals surface area contributed by atoms with E-state index in [4.69, 9.17) is 0 Å². The Balaban J connectivity index is 2.62. The van der Waals surface area contributed by atoms with Crippen molar-refractivity contribution in [3.05, 3.63) is 35.6 Å². The predicted octanol–water partition coefficient (Wildman–Crippen LogP) is 4.17. The summed E-state index contributed by atoms with van der Waals surface area (Å²) in [5.41, 5.74) is 1.49. The lowest BCUT2D eigenvalue weighted by atomic mass is 9.79. The Morgan fingerprint density at radius 2 is 1.78 bits per heavy atom. The van der Waals surface area contributed by atoms with E-state index >= 15 is 0 Å². The normalized spacial score (nSPS) is 14.4. The van der Waals surface area contributed by atoms with Gasteiger partial charge in [-0.1, -0.05) is 39.3 Å². The van der Waals surface area contributed by atoms with Gasteiger partial charge >= 0.3 is 0 Å². The molecule has 0 aliphatic heterocycles. The fourth-order valence-electron chi connectivity index (χ4n) is 2.50. The van der Waals surface area contributed by atoms with E-state index < -0.39 is 0 Å². The first-order valence-corrected chi connectivity index (χ1v) is 7.05. The maximum absolute atomic E-state index is 12.9. The molecule has 0 saturated carbocycles. The SMILES string of the molecule is CCCNCC(C)(CCC)Cc1ccc(F)cc1. The molecule has 0 saturated heterocycles. The Labute approximate surface area is 111 Å². The van der Waals surface area contributed by atoms with E-state index in [1.807, 2.05) is 12.1 Å². The minimum atomic E-state index is -0.153. The third-order valence-corrected chi connectivity index (χ3v) is 3.38. The summed E-state index contributed by atoms with van der Waals surface area (Å²) in [5, 5.41) is 3.52. The summed E-state index contributed by atoms with van der Waals surface area (Å²) in [4.78, 5) is 0. The summed E-state index contributed by atoms with van der Waals surface area (Å²) in [6.07, 6.45) is 4.56. The molecular formula is C16H26FN. The van der Waals surface area contributed by atoms with Gasteiger partial charge in [0, 0.05) is 6.54 Å². The van der Waals surface area contributed by atoms with E-state index in [0.29, 0.717) is 0 Å². The highest BCUT2D eigenvalue weighted by molar-refractivity contribution is 5.17. The van der Waals surface area contributed by atoms with Crippen LogP contribution >= 0.6 is 0 Å². The molecular weight excluding hydrogens is 225 g/mol. The van der Waals surface area contributed by atoms with Crippen molar-refractivity contribution >= 4 is 0 Å². The Bertz CT molecular complexity index is 333. The molecule has 0 aliphatic rings. The summed E-state index contributed by atoms with van der Waals surface area (Å²) < 4.78 is 12.9. The molecule has 1 N–H and O–H groups in total. The molecule has 1 aromatic carbocycles. The fourth-order valence-corrected chi connectivity index (χ4v) is 2.50. The Morgan fingerprint density at radius 1 is 1.11 bits per heavy atom. The predicted molar refractivity (Wildman–Crippen MR) is 76.3 cm³/mol. The van der Waals surface area contributed by atoms with Crippen molar-refractivity contribution in [2.45, 2.75) is 46.5 Å². The van der Waals surface area contributed by atoms with Gasteiger partial charge in [-0.2, -0.15) is 0 Å². The zero-order chi connectivity index (χ0) is 13.4. The zero-order valence-electron chi connectivity index (χ0n) is 11.9. The Kier molecular flexibility index (Phi) is 6.34. The van der Waals surface area contributed by atoms with Crippen molar-refractivity contribution in [3.8, 4) is 0 Å².